The van der Waals surface area contributed by atoms with E-state index in [1.807, 2.05) is 0 Å². The van der Waals surface area contributed by atoms with Gasteiger partial charge in [-0.15, -0.1) is 0 Å². The second-order valence-corrected chi connectivity index (χ2v) is 10.8. The van der Waals surface area contributed by atoms with Crippen molar-refractivity contribution in [3.8, 4) is 5.75 Å². The SMILES string of the molecule is O=C(/C=C1\CC2(CCOCC2)Oc2cc(C(F)(F)F)ccc21)Nc1ccc2c(c1)NS(=O)(=O)CC2. The van der Waals surface area contributed by atoms with E-state index in [4.69, 9.17) is 9.47 Å². The minimum absolute atomic E-state index is 0.00211. The fourth-order valence-corrected chi connectivity index (χ4v) is 5.79. The topological polar surface area (TPSA) is 93.7 Å². The Balaban J connectivity index is 1.45. The van der Waals surface area contributed by atoms with E-state index in [2.05, 4.69) is 10.0 Å². The lowest BCUT2D eigenvalue weighted by atomic mass is 9.81. The van der Waals surface area contributed by atoms with Crippen LogP contribution in [0.2, 0.25) is 0 Å². The monoisotopic (exact) mass is 508 g/mol. The van der Waals surface area contributed by atoms with Gasteiger partial charge in [0, 0.05) is 36.6 Å². The third-order valence-electron chi connectivity index (χ3n) is 6.49. The average molecular weight is 509 g/mol. The van der Waals surface area contributed by atoms with E-state index < -0.39 is 33.3 Å². The summed E-state index contributed by atoms with van der Waals surface area (Å²) in [6.45, 7) is 0.831. The number of sulfonamides is 1. The summed E-state index contributed by atoms with van der Waals surface area (Å²) in [5.74, 6) is -0.383. The van der Waals surface area contributed by atoms with E-state index in [1.54, 1.807) is 18.2 Å². The predicted octanol–water partition coefficient (Wildman–Crippen LogP) is 4.36. The van der Waals surface area contributed by atoms with Crippen LogP contribution >= 0.6 is 0 Å². The molecule has 3 heterocycles. The number of hydrogen-bond acceptors (Lipinski definition) is 5. The lowest BCUT2D eigenvalue weighted by molar-refractivity contribution is -0.138. The number of hydrogen-bond donors (Lipinski definition) is 2. The molecule has 0 bridgehead atoms. The maximum atomic E-state index is 13.3. The van der Waals surface area contributed by atoms with Gasteiger partial charge in [0.25, 0.3) is 0 Å². The molecule has 35 heavy (non-hydrogen) atoms. The smallest absolute Gasteiger partial charge is 0.416 e. The molecule has 0 unspecified atom stereocenters. The van der Waals surface area contributed by atoms with E-state index >= 15 is 0 Å². The van der Waals surface area contributed by atoms with Crippen molar-refractivity contribution in [2.24, 2.45) is 0 Å². The Labute approximate surface area is 200 Å². The third-order valence-corrected chi connectivity index (χ3v) is 7.76. The van der Waals surface area contributed by atoms with Gasteiger partial charge in [-0.3, -0.25) is 9.52 Å². The van der Waals surface area contributed by atoms with E-state index in [1.165, 1.54) is 12.1 Å². The molecule has 0 aliphatic carbocycles. The number of carbonyl (C=O) groups is 1. The number of nitrogens with one attached hydrogen (secondary N) is 2. The number of carbonyl (C=O) groups excluding carboxylic acids is 1. The average Bonchev–Trinajstić information content (AvgIpc) is 2.77. The molecule has 5 rings (SSSR count). The van der Waals surface area contributed by atoms with Crippen LogP contribution in [0.4, 0.5) is 24.5 Å². The molecule has 2 aromatic carbocycles. The molecule has 1 spiro atoms. The highest BCUT2D eigenvalue weighted by molar-refractivity contribution is 7.92. The number of anilines is 2. The number of benzene rings is 2. The van der Waals surface area contributed by atoms with Gasteiger partial charge in [-0.25, -0.2) is 8.42 Å². The molecule has 0 atom stereocenters. The van der Waals surface area contributed by atoms with Crippen molar-refractivity contribution in [1.82, 2.24) is 0 Å². The Hall–Kier alpha value is -3.05. The van der Waals surface area contributed by atoms with Gasteiger partial charge in [-0.1, -0.05) is 12.1 Å². The van der Waals surface area contributed by atoms with Crippen molar-refractivity contribution in [3.05, 3.63) is 59.2 Å². The second kappa shape index (κ2) is 8.56. The summed E-state index contributed by atoms with van der Waals surface area (Å²) in [6.07, 6.45) is -1.43. The molecule has 0 aromatic heterocycles. The minimum Gasteiger partial charge on any atom is -0.486 e. The maximum absolute atomic E-state index is 13.3. The molecule has 1 fully saturated rings. The number of amides is 1. The van der Waals surface area contributed by atoms with E-state index in [-0.39, 0.29) is 11.5 Å². The number of rotatable bonds is 2. The summed E-state index contributed by atoms with van der Waals surface area (Å²) < 4.78 is 77.6. The lowest BCUT2D eigenvalue weighted by Crippen LogP contribution is -2.44. The normalized spacial score (nSPS) is 21.4. The summed E-state index contributed by atoms with van der Waals surface area (Å²) in [4.78, 5) is 12.9. The summed E-state index contributed by atoms with van der Waals surface area (Å²) >= 11 is 0. The van der Waals surface area contributed by atoms with Crippen molar-refractivity contribution in [1.29, 1.82) is 0 Å². The molecule has 0 saturated carbocycles. The van der Waals surface area contributed by atoms with Crippen LogP contribution in [0.25, 0.3) is 5.57 Å². The van der Waals surface area contributed by atoms with Gasteiger partial charge >= 0.3 is 6.18 Å². The van der Waals surface area contributed by atoms with Crippen LogP contribution in [-0.2, 0) is 32.2 Å². The first-order chi connectivity index (χ1) is 16.5. The van der Waals surface area contributed by atoms with Crippen LogP contribution in [0.1, 0.15) is 36.0 Å². The number of halogens is 3. The van der Waals surface area contributed by atoms with Gasteiger partial charge in [-0.2, -0.15) is 13.2 Å². The number of ether oxygens (including phenoxy) is 2. The van der Waals surface area contributed by atoms with Crippen molar-refractivity contribution >= 4 is 32.9 Å². The van der Waals surface area contributed by atoms with Crippen LogP contribution in [0.15, 0.2) is 42.5 Å². The molecule has 11 heteroatoms. The molecule has 1 amide bonds. The van der Waals surface area contributed by atoms with Crippen molar-refractivity contribution in [3.63, 3.8) is 0 Å². The Kier molecular flexibility index (Phi) is 5.79. The van der Waals surface area contributed by atoms with Gasteiger partial charge in [0.2, 0.25) is 15.9 Å². The summed E-state index contributed by atoms with van der Waals surface area (Å²) in [5.41, 5.74) is 1.08. The minimum atomic E-state index is -4.52. The Morgan fingerprint density at radius 3 is 2.63 bits per heavy atom. The van der Waals surface area contributed by atoms with Crippen LogP contribution in [0, 0.1) is 0 Å². The number of aryl methyl sites for hydroxylation is 1. The van der Waals surface area contributed by atoms with E-state index in [0.29, 0.717) is 61.4 Å². The molecule has 7 nitrogen and oxygen atoms in total. The van der Waals surface area contributed by atoms with Crippen molar-refractivity contribution in [2.45, 2.75) is 37.5 Å². The quantitative estimate of drug-likeness (QED) is 0.588. The summed E-state index contributed by atoms with van der Waals surface area (Å²) in [6, 6.07) is 8.27. The van der Waals surface area contributed by atoms with Gasteiger partial charge in [0.1, 0.15) is 11.4 Å². The summed E-state index contributed by atoms with van der Waals surface area (Å²) in [7, 11) is -3.41. The molecular formula is C24H23F3N2O5S. The molecule has 0 radical (unpaired) electrons. The van der Waals surface area contributed by atoms with E-state index in [0.717, 1.165) is 17.7 Å². The standard InChI is InChI=1S/C24H23F3N2O5S/c25-24(26,27)17-2-4-19-16(14-23(34-21(19)12-17)6-8-33-9-7-23)11-22(30)28-18-3-1-15-5-10-35(31,32)29-20(15)13-18/h1-4,11-13,29H,5-10,14H2,(H,28,30)/b16-11+. The van der Waals surface area contributed by atoms with Crippen LogP contribution < -0.4 is 14.8 Å². The molecule has 2 aromatic rings. The van der Waals surface area contributed by atoms with Crippen LogP contribution in [0.3, 0.4) is 0 Å². The highest BCUT2D eigenvalue weighted by atomic mass is 32.2. The Morgan fingerprint density at radius 1 is 1.11 bits per heavy atom. The molecule has 2 N–H and O–H groups in total. The van der Waals surface area contributed by atoms with Gasteiger partial charge in [0.15, 0.2) is 0 Å². The van der Waals surface area contributed by atoms with Gasteiger partial charge < -0.3 is 14.8 Å². The zero-order valence-corrected chi connectivity index (χ0v) is 19.4. The predicted molar refractivity (Wildman–Crippen MR) is 124 cm³/mol. The first-order valence-electron chi connectivity index (χ1n) is 11.2. The first kappa shape index (κ1) is 23.7. The third kappa shape index (κ3) is 5.01. The second-order valence-electron chi connectivity index (χ2n) is 8.98. The Morgan fingerprint density at radius 2 is 1.89 bits per heavy atom. The van der Waals surface area contributed by atoms with Crippen LogP contribution in [-0.4, -0.2) is 38.9 Å². The van der Waals surface area contributed by atoms with Crippen molar-refractivity contribution in [2.75, 3.05) is 29.0 Å². The lowest BCUT2D eigenvalue weighted by Gasteiger charge is -2.42. The zero-order valence-electron chi connectivity index (χ0n) is 18.6. The van der Waals surface area contributed by atoms with Gasteiger partial charge in [-0.05, 0) is 41.8 Å². The molecule has 1 saturated heterocycles. The molecular weight excluding hydrogens is 485 g/mol. The first-order valence-corrected chi connectivity index (χ1v) is 12.8. The summed E-state index contributed by atoms with van der Waals surface area (Å²) in [5, 5.41) is 2.73. The highest BCUT2D eigenvalue weighted by Gasteiger charge is 2.41. The fraction of sp³-hybridized carbons (Fsp3) is 0.375. The van der Waals surface area contributed by atoms with Crippen LogP contribution in [0.5, 0.6) is 5.75 Å². The van der Waals surface area contributed by atoms with E-state index in [9.17, 15) is 26.4 Å². The molecule has 3 aliphatic heterocycles. The molecule has 3 aliphatic rings. The Bertz CT molecular complexity index is 1310. The largest absolute Gasteiger partial charge is 0.486 e. The maximum Gasteiger partial charge on any atom is 0.416 e. The van der Waals surface area contributed by atoms with Gasteiger partial charge in [0.05, 0.1) is 30.2 Å². The van der Waals surface area contributed by atoms with Crippen molar-refractivity contribution < 1.29 is 35.9 Å². The highest BCUT2D eigenvalue weighted by Crippen LogP contribution is 2.46. The molecule has 186 valence electrons. The number of fused-ring (bicyclic) bond motifs is 2. The number of alkyl halides is 3. The fourth-order valence-electron chi connectivity index (χ4n) is 4.68. The zero-order chi connectivity index (χ0) is 24.8.